The molecule has 0 amide bonds. The summed E-state index contributed by atoms with van der Waals surface area (Å²) < 4.78 is 5.01. The average Bonchev–Trinajstić information content (AvgIpc) is 2.34. The van der Waals surface area contributed by atoms with E-state index in [-0.39, 0.29) is 38.3 Å². The zero-order valence-corrected chi connectivity index (χ0v) is 14.3. The summed E-state index contributed by atoms with van der Waals surface area (Å²) in [4.78, 5) is 11.0. The molecular weight excluding hydrogens is 300 g/mol. The molecule has 2 aromatic rings. The van der Waals surface area contributed by atoms with E-state index >= 15 is 0 Å². The zero-order valence-electron chi connectivity index (χ0n) is 11.5. The van der Waals surface area contributed by atoms with Crippen molar-refractivity contribution in [3.8, 4) is 0 Å². The molecule has 0 saturated heterocycles. The Morgan fingerprint density at radius 1 is 1.28 bits per heavy atom. The van der Waals surface area contributed by atoms with Gasteiger partial charge in [0.15, 0.2) is 0 Å². The maximum absolute atomic E-state index is 11.0. The Morgan fingerprint density at radius 2 is 1.78 bits per heavy atom. The Kier molecular flexibility index (Phi) is 12.9. The predicted molar refractivity (Wildman–Crippen MR) is 73.6 cm³/mol. The van der Waals surface area contributed by atoms with Gasteiger partial charge in [0.25, 0.3) is 5.63 Å². The molecule has 3 radical (unpaired) electrons. The number of benzene rings is 1. The van der Waals surface area contributed by atoms with E-state index in [0.717, 1.165) is 11.7 Å². The van der Waals surface area contributed by atoms with Crippen molar-refractivity contribution in [3.63, 3.8) is 0 Å². The minimum absolute atomic E-state index is 0. The Balaban J connectivity index is 0. The minimum atomic E-state index is -0.311. The van der Waals surface area contributed by atoms with Crippen molar-refractivity contribution in [3.05, 3.63) is 46.3 Å². The monoisotopic (exact) mass is 318 g/mol. The predicted octanol–water partition coefficient (Wildman–Crippen LogP) is 3.52. The number of para-hydroxylation sites is 1. The number of hydrogen-bond acceptors (Lipinski definition) is 2. The molecule has 0 aliphatic heterocycles. The van der Waals surface area contributed by atoms with E-state index in [9.17, 15) is 4.79 Å². The van der Waals surface area contributed by atoms with E-state index in [4.69, 9.17) is 12.3 Å². The fourth-order valence-electron chi connectivity index (χ4n) is 1.09. The topological polar surface area (TPSA) is 30.2 Å². The van der Waals surface area contributed by atoms with Crippen molar-refractivity contribution in [2.75, 3.05) is 0 Å². The van der Waals surface area contributed by atoms with Gasteiger partial charge in [-0.2, -0.15) is 0 Å². The summed E-state index contributed by atoms with van der Waals surface area (Å²) in [5.41, 5.74) is 0.801. The first-order chi connectivity index (χ1) is 8.19. The van der Waals surface area contributed by atoms with E-state index in [2.05, 4.69) is 6.07 Å². The summed E-state index contributed by atoms with van der Waals surface area (Å²) >= 11 is 0. The van der Waals surface area contributed by atoms with Gasteiger partial charge in [0.05, 0.1) is 7.85 Å². The Bertz CT molecular complexity index is 494. The van der Waals surface area contributed by atoms with E-state index in [1.165, 1.54) is 0 Å². The quantitative estimate of drug-likeness (QED) is 0.423. The first-order valence-corrected chi connectivity index (χ1v) is 5.81. The van der Waals surface area contributed by atoms with E-state index in [0.29, 0.717) is 11.1 Å². The second-order valence-electron chi connectivity index (χ2n) is 3.04. The normalized spacial score (nSPS) is 8.22. The molecule has 2 nitrogen and oxygen atoms in total. The van der Waals surface area contributed by atoms with Gasteiger partial charge in [0.2, 0.25) is 0 Å². The van der Waals surface area contributed by atoms with Crippen molar-refractivity contribution in [2.45, 2.75) is 34.0 Å². The van der Waals surface area contributed by atoms with Crippen LogP contribution in [0.5, 0.6) is 0 Å². The fourth-order valence-corrected chi connectivity index (χ4v) is 1.09. The van der Waals surface area contributed by atoms with Crippen molar-refractivity contribution in [1.82, 2.24) is 0 Å². The molecule has 1 aromatic carbocycles. The van der Waals surface area contributed by atoms with Crippen molar-refractivity contribution < 1.29 is 37.1 Å². The summed E-state index contributed by atoms with van der Waals surface area (Å²) in [6.45, 7) is 7.60. The Hall–Kier alpha value is -0.401. The van der Waals surface area contributed by atoms with Gasteiger partial charge in [0.1, 0.15) is 0 Å². The largest absolute Gasteiger partial charge is 0.515 e. The van der Waals surface area contributed by atoms with Crippen LogP contribution in [0.25, 0.3) is 11.0 Å². The summed E-state index contributed by atoms with van der Waals surface area (Å²) in [5, 5.41) is 0.842. The van der Waals surface area contributed by atoms with E-state index in [1.54, 1.807) is 13.0 Å². The third-order valence-electron chi connectivity index (χ3n) is 1.72. The van der Waals surface area contributed by atoms with Crippen LogP contribution in [0.1, 0.15) is 26.3 Å². The smallest absolute Gasteiger partial charge is 0.251 e. The molecular formula is C14H18BO2Y-. The fraction of sp³-hybridized carbons (Fsp3) is 0.357. The van der Waals surface area contributed by atoms with E-state index < -0.39 is 0 Å². The van der Waals surface area contributed by atoms with Crippen LogP contribution in [0, 0.1) is 13.0 Å². The molecule has 0 aliphatic carbocycles. The van der Waals surface area contributed by atoms with E-state index in [1.807, 2.05) is 39.0 Å². The maximum Gasteiger partial charge on any atom is 0.251 e. The number of hydrogen-bond donors (Lipinski definition) is 0. The van der Waals surface area contributed by atoms with Crippen LogP contribution in [-0.2, 0) is 32.7 Å². The van der Waals surface area contributed by atoms with Gasteiger partial charge < -0.3 is 9.21 Å². The average molecular weight is 318 g/mol. The molecule has 0 unspecified atom stereocenters. The summed E-state index contributed by atoms with van der Waals surface area (Å²) in [5.74, 6) is 0. The molecule has 0 atom stereocenters. The van der Waals surface area contributed by atoms with Crippen LogP contribution in [0.2, 0.25) is 6.32 Å². The number of rotatable bonds is 0. The van der Waals surface area contributed by atoms with Gasteiger partial charge in [-0.1, -0.05) is 51.7 Å². The van der Waals surface area contributed by atoms with Crippen molar-refractivity contribution in [2.24, 2.45) is 0 Å². The van der Waals surface area contributed by atoms with Gasteiger partial charge in [-0.25, -0.2) is 0 Å². The maximum atomic E-state index is 11.0. The van der Waals surface area contributed by atoms with Gasteiger partial charge in [-0.05, 0) is 0 Å². The molecule has 0 bridgehead atoms. The molecule has 0 fully saturated rings. The SMILES string of the molecule is CC.Cc1[c-]c2ccccc2oc1=O.[B]CC.[Y]. The number of aryl methyl sites for hydroxylation is 1. The van der Waals surface area contributed by atoms with Gasteiger partial charge >= 0.3 is 0 Å². The van der Waals surface area contributed by atoms with Crippen LogP contribution in [0.3, 0.4) is 0 Å². The Morgan fingerprint density at radius 3 is 2.33 bits per heavy atom. The van der Waals surface area contributed by atoms with Crippen molar-refractivity contribution >= 4 is 18.8 Å². The third kappa shape index (κ3) is 6.51. The van der Waals surface area contributed by atoms with Crippen molar-refractivity contribution in [1.29, 1.82) is 0 Å². The standard InChI is InChI=1S/C10H7O2.C2H5B.C2H6.Y/c1-7-6-8-4-2-3-5-9(8)12-10(7)11;1-2-3;1-2;/h2-5H,1H3;2H2,1H3;1-2H3;/q-1;;;. The van der Waals surface area contributed by atoms with Crippen LogP contribution >= 0.6 is 0 Å². The first kappa shape index (κ1) is 19.9. The van der Waals surface area contributed by atoms with Crippen LogP contribution in [0.4, 0.5) is 0 Å². The van der Waals surface area contributed by atoms with Gasteiger partial charge in [-0.15, -0.1) is 23.6 Å². The molecule has 0 aliphatic rings. The third-order valence-corrected chi connectivity index (χ3v) is 1.72. The van der Waals surface area contributed by atoms with Gasteiger partial charge in [0, 0.05) is 38.3 Å². The molecule has 18 heavy (non-hydrogen) atoms. The molecule has 2 rings (SSSR count). The molecule has 93 valence electrons. The second kappa shape index (κ2) is 11.7. The molecule has 0 N–H and O–H groups in total. The first-order valence-electron chi connectivity index (χ1n) is 5.81. The summed E-state index contributed by atoms with van der Waals surface area (Å²) in [6.07, 6.45) is 0.750. The molecule has 1 heterocycles. The minimum Gasteiger partial charge on any atom is -0.515 e. The van der Waals surface area contributed by atoms with Crippen LogP contribution in [-0.4, -0.2) is 7.85 Å². The molecule has 0 spiro atoms. The van der Waals surface area contributed by atoms with Crippen LogP contribution < -0.4 is 5.63 Å². The molecule has 0 saturated carbocycles. The molecule has 1 aromatic heterocycles. The summed E-state index contributed by atoms with van der Waals surface area (Å²) in [7, 11) is 4.85. The van der Waals surface area contributed by atoms with Crippen LogP contribution in [0.15, 0.2) is 33.5 Å². The number of fused-ring (bicyclic) bond motifs is 1. The zero-order chi connectivity index (χ0) is 13.3. The summed E-state index contributed by atoms with van der Waals surface area (Å²) in [6, 6.07) is 10.3. The molecule has 4 heteroatoms. The Labute approximate surface area is 135 Å². The second-order valence-corrected chi connectivity index (χ2v) is 3.04. The van der Waals surface area contributed by atoms with Gasteiger partial charge in [-0.3, -0.25) is 0 Å².